The molecule has 0 bridgehead atoms. The van der Waals surface area contributed by atoms with Gasteiger partial charge >= 0.3 is 0 Å². The summed E-state index contributed by atoms with van der Waals surface area (Å²) in [5, 5.41) is 33.9. The minimum Gasteiger partial charge on any atom is -0.507 e. The number of nitrogens with one attached hydrogen (secondary N) is 1. The van der Waals surface area contributed by atoms with E-state index in [0.29, 0.717) is 22.4 Å². The highest BCUT2D eigenvalue weighted by Gasteiger charge is 2.47. The lowest BCUT2D eigenvalue weighted by Gasteiger charge is -2.40. The zero-order valence-electron chi connectivity index (χ0n) is 22.6. The van der Waals surface area contributed by atoms with Gasteiger partial charge in [-0.2, -0.15) is 0 Å². The SMILES string of the molecule is Nc1noc2cc(CC(O)(CNC(=O)c3ccccc3O)[C@H]3OCCN(c4ccn(-c5ccncc5)n4)C3=O)cc(Cl)c12. The van der Waals surface area contributed by atoms with Crippen LogP contribution in [0.15, 0.2) is 77.7 Å². The molecule has 0 saturated carbocycles. The molecule has 220 valence electrons. The number of hydrogen-bond donors (Lipinski definition) is 4. The number of ether oxygens (including phenoxy) is 1. The van der Waals surface area contributed by atoms with Gasteiger partial charge in [0, 0.05) is 31.1 Å². The topological polar surface area (TPSA) is 182 Å². The Bertz CT molecular complexity index is 1810. The van der Waals surface area contributed by atoms with Crippen molar-refractivity contribution in [2.24, 2.45) is 0 Å². The fraction of sp³-hybridized carbons (Fsp3) is 0.207. The normalized spacial score (nSPS) is 16.7. The Morgan fingerprint density at radius 2 is 1.98 bits per heavy atom. The first-order valence-electron chi connectivity index (χ1n) is 13.2. The number of phenolic OH excluding ortho intramolecular Hbond substituents is 1. The second kappa shape index (κ2) is 11.4. The molecule has 43 heavy (non-hydrogen) atoms. The number of aliphatic hydroxyl groups is 1. The summed E-state index contributed by atoms with van der Waals surface area (Å²) in [6, 6.07) is 14.4. The molecule has 0 spiro atoms. The molecule has 2 atom stereocenters. The Balaban J connectivity index is 1.31. The molecule has 5 aromatic rings. The van der Waals surface area contributed by atoms with Crippen LogP contribution < -0.4 is 16.0 Å². The Hall–Kier alpha value is -4.98. The number of rotatable bonds is 8. The Labute approximate surface area is 249 Å². The predicted octanol–water partition coefficient (Wildman–Crippen LogP) is 2.49. The quantitative estimate of drug-likeness (QED) is 0.206. The third-order valence-electron chi connectivity index (χ3n) is 7.18. The second-order valence-corrected chi connectivity index (χ2v) is 10.5. The third kappa shape index (κ3) is 5.48. The molecule has 5 N–H and O–H groups in total. The maximum atomic E-state index is 13.9. The van der Waals surface area contributed by atoms with Gasteiger partial charge in [-0.1, -0.05) is 28.9 Å². The fourth-order valence-electron chi connectivity index (χ4n) is 5.09. The van der Waals surface area contributed by atoms with Crippen molar-refractivity contribution in [3.8, 4) is 11.4 Å². The molecule has 2 amide bonds. The van der Waals surface area contributed by atoms with Crippen LogP contribution in [0.1, 0.15) is 15.9 Å². The van der Waals surface area contributed by atoms with Crippen LogP contribution in [0.3, 0.4) is 0 Å². The first kappa shape index (κ1) is 28.2. The van der Waals surface area contributed by atoms with Crippen LogP contribution >= 0.6 is 11.6 Å². The summed E-state index contributed by atoms with van der Waals surface area (Å²) in [5.74, 6) is -0.961. The molecule has 1 aliphatic rings. The van der Waals surface area contributed by atoms with E-state index in [1.165, 1.54) is 17.0 Å². The van der Waals surface area contributed by atoms with Gasteiger partial charge in [-0.3, -0.25) is 19.5 Å². The number of nitrogens with two attached hydrogens (primary N) is 1. The number of amides is 2. The number of nitrogens with zero attached hydrogens (tertiary/aromatic N) is 5. The van der Waals surface area contributed by atoms with Crippen LogP contribution in [-0.4, -0.2) is 73.3 Å². The average Bonchev–Trinajstić information content (AvgIpc) is 3.64. The number of fused-ring (bicyclic) bond motifs is 1. The zero-order chi connectivity index (χ0) is 30.1. The molecule has 14 heteroatoms. The van der Waals surface area contributed by atoms with Crippen molar-refractivity contribution < 1.29 is 29.1 Å². The maximum Gasteiger partial charge on any atom is 0.260 e. The maximum absolute atomic E-state index is 13.9. The molecule has 0 radical (unpaired) electrons. The van der Waals surface area contributed by atoms with Crippen molar-refractivity contribution in [2.75, 3.05) is 30.3 Å². The van der Waals surface area contributed by atoms with Crippen molar-refractivity contribution in [3.05, 3.63) is 89.3 Å². The highest BCUT2D eigenvalue weighted by Crippen LogP contribution is 2.33. The van der Waals surface area contributed by atoms with Gasteiger partial charge in [0.1, 0.15) is 11.4 Å². The second-order valence-electron chi connectivity index (χ2n) is 10.1. The molecule has 0 aliphatic carbocycles. The summed E-state index contributed by atoms with van der Waals surface area (Å²) < 4.78 is 12.8. The number of phenols is 1. The van der Waals surface area contributed by atoms with Gasteiger partial charge in [0.25, 0.3) is 11.8 Å². The van der Waals surface area contributed by atoms with Gasteiger partial charge in [-0.05, 0) is 42.0 Å². The van der Waals surface area contributed by atoms with E-state index in [9.17, 15) is 19.8 Å². The van der Waals surface area contributed by atoms with Gasteiger partial charge in [-0.15, -0.1) is 5.10 Å². The molecule has 1 fully saturated rings. The number of benzene rings is 2. The molecule has 2 aromatic carbocycles. The van der Waals surface area contributed by atoms with Crippen LogP contribution in [-0.2, 0) is 16.0 Å². The lowest BCUT2D eigenvalue weighted by Crippen LogP contribution is -2.63. The standard InChI is InChI=1S/C29H26ClN7O6/c30-20-13-17(14-22-24(20)26(31)35-43-22)15-29(41,16-33-27(39)19-3-1-2-4-21(19)38)25-28(40)36(11-12-42-25)23-7-10-37(34-23)18-5-8-32-9-6-18/h1-10,13-14,25,38,41H,11-12,15-16H2,(H2,31,35)(H,33,39)/t25-,29?/m0/s1. The van der Waals surface area contributed by atoms with Crippen LogP contribution in [0.4, 0.5) is 11.6 Å². The molecule has 3 aromatic heterocycles. The number of halogens is 1. The van der Waals surface area contributed by atoms with Gasteiger partial charge in [0.2, 0.25) is 0 Å². The van der Waals surface area contributed by atoms with E-state index < -0.39 is 30.1 Å². The highest BCUT2D eigenvalue weighted by atomic mass is 35.5. The number of aromatic hydroxyl groups is 1. The Morgan fingerprint density at radius 1 is 1.19 bits per heavy atom. The Kier molecular flexibility index (Phi) is 7.44. The van der Waals surface area contributed by atoms with Crippen LogP contribution in [0.25, 0.3) is 16.7 Å². The first-order chi connectivity index (χ1) is 20.7. The first-order valence-corrected chi connectivity index (χ1v) is 13.6. The van der Waals surface area contributed by atoms with E-state index >= 15 is 0 Å². The lowest BCUT2D eigenvalue weighted by molar-refractivity contribution is -0.157. The number of anilines is 2. The largest absolute Gasteiger partial charge is 0.507 e. The monoisotopic (exact) mass is 603 g/mol. The van der Waals surface area contributed by atoms with Crippen molar-refractivity contribution in [1.29, 1.82) is 0 Å². The average molecular weight is 604 g/mol. The summed E-state index contributed by atoms with van der Waals surface area (Å²) >= 11 is 6.45. The number of hydrogen-bond acceptors (Lipinski definition) is 10. The van der Waals surface area contributed by atoms with Gasteiger partial charge in [0.15, 0.2) is 23.3 Å². The summed E-state index contributed by atoms with van der Waals surface area (Å²) in [6.45, 7) is -0.130. The van der Waals surface area contributed by atoms with Crippen molar-refractivity contribution in [1.82, 2.24) is 25.2 Å². The number of para-hydroxylation sites is 1. The van der Waals surface area contributed by atoms with Crippen molar-refractivity contribution in [2.45, 2.75) is 18.1 Å². The van der Waals surface area contributed by atoms with Crippen molar-refractivity contribution in [3.63, 3.8) is 0 Å². The summed E-state index contributed by atoms with van der Waals surface area (Å²) in [5.41, 5.74) is 5.40. The number of nitrogen functional groups attached to an aromatic ring is 1. The molecule has 6 rings (SSSR count). The zero-order valence-corrected chi connectivity index (χ0v) is 23.3. The van der Waals surface area contributed by atoms with E-state index in [0.717, 1.165) is 5.69 Å². The molecule has 1 aliphatic heterocycles. The number of pyridine rings is 1. The van der Waals surface area contributed by atoms with Crippen molar-refractivity contribution >= 4 is 46.0 Å². The molecule has 13 nitrogen and oxygen atoms in total. The number of morpholine rings is 1. The lowest BCUT2D eigenvalue weighted by atomic mass is 9.86. The van der Waals surface area contributed by atoms with E-state index in [1.807, 2.05) is 0 Å². The number of carbonyl (C=O) groups is 2. The van der Waals surface area contributed by atoms with E-state index in [1.54, 1.807) is 65.7 Å². The fourth-order valence-corrected chi connectivity index (χ4v) is 5.42. The minimum absolute atomic E-state index is 0.00520. The van der Waals surface area contributed by atoms with Crippen LogP contribution in [0.2, 0.25) is 5.02 Å². The molecular weight excluding hydrogens is 578 g/mol. The molecule has 4 heterocycles. The van der Waals surface area contributed by atoms with Crippen LogP contribution in [0, 0.1) is 0 Å². The molecular formula is C29H26ClN7O6. The van der Waals surface area contributed by atoms with E-state index in [2.05, 4.69) is 20.6 Å². The smallest absolute Gasteiger partial charge is 0.260 e. The van der Waals surface area contributed by atoms with E-state index in [4.69, 9.17) is 26.6 Å². The van der Waals surface area contributed by atoms with Gasteiger partial charge < -0.3 is 30.5 Å². The third-order valence-corrected chi connectivity index (χ3v) is 7.48. The number of aromatic nitrogens is 4. The Morgan fingerprint density at radius 3 is 2.77 bits per heavy atom. The summed E-state index contributed by atoms with van der Waals surface area (Å²) in [7, 11) is 0. The van der Waals surface area contributed by atoms with Gasteiger partial charge in [-0.25, -0.2) is 4.68 Å². The van der Waals surface area contributed by atoms with Crippen LogP contribution in [0.5, 0.6) is 5.75 Å². The molecule has 1 saturated heterocycles. The van der Waals surface area contributed by atoms with E-state index in [-0.39, 0.29) is 41.7 Å². The summed E-state index contributed by atoms with van der Waals surface area (Å²) in [6.07, 6.45) is 3.38. The van der Waals surface area contributed by atoms with Gasteiger partial charge in [0.05, 0.1) is 41.4 Å². The predicted molar refractivity (Wildman–Crippen MR) is 156 cm³/mol. The summed E-state index contributed by atoms with van der Waals surface area (Å²) in [4.78, 5) is 32.3. The minimum atomic E-state index is -1.98. The number of carbonyl (C=O) groups excluding carboxylic acids is 2. The molecule has 1 unspecified atom stereocenters. The highest BCUT2D eigenvalue weighted by molar-refractivity contribution is 6.36.